The average Bonchev–Trinajstić information content (AvgIpc) is 2.98. The molecule has 1 heterocycles. The first kappa shape index (κ1) is 18.1. The topological polar surface area (TPSA) is 73.8 Å². The molecule has 0 spiro atoms. The third kappa shape index (κ3) is 3.91. The highest BCUT2D eigenvalue weighted by molar-refractivity contribution is 7.98. The molecule has 0 saturated heterocycles. The molecular formula is C18H16F2N4OS. The first-order valence-electron chi connectivity index (χ1n) is 7.80. The lowest BCUT2D eigenvalue weighted by atomic mass is 10.1. The van der Waals surface area contributed by atoms with Crippen LogP contribution in [0.15, 0.2) is 47.6 Å². The van der Waals surface area contributed by atoms with Crippen LogP contribution in [0.2, 0.25) is 0 Å². The Labute approximate surface area is 153 Å². The molecule has 0 atom stereocenters. The summed E-state index contributed by atoms with van der Waals surface area (Å²) in [5.41, 5.74) is 7.38. The number of benzene rings is 2. The molecule has 3 aromatic rings. The molecule has 0 saturated carbocycles. The Morgan fingerprint density at radius 1 is 1.19 bits per heavy atom. The van der Waals surface area contributed by atoms with Crippen molar-refractivity contribution in [3.05, 3.63) is 65.2 Å². The Bertz CT molecular complexity index is 958. The van der Waals surface area contributed by atoms with Gasteiger partial charge in [-0.3, -0.25) is 9.36 Å². The Morgan fingerprint density at radius 3 is 2.69 bits per heavy atom. The van der Waals surface area contributed by atoms with E-state index in [1.165, 1.54) is 12.1 Å². The third-order valence-corrected chi connectivity index (χ3v) is 4.71. The van der Waals surface area contributed by atoms with Crippen LogP contribution in [0.25, 0.3) is 11.4 Å². The van der Waals surface area contributed by atoms with E-state index in [0.29, 0.717) is 11.0 Å². The number of thioether (sulfide) groups is 1. The fourth-order valence-electron chi connectivity index (χ4n) is 2.49. The second-order valence-electron chi connectivity index (χ2n) is 5.73. The van der Waals surface area contributed by atoms with Crippen LogP contribution in [0.1, 0.15) is 11.1 Å². The van der Waals surface area contributed by atoms with Crippen molar-refractivity contribution in [2.75, 3.05) is 0 Å². The molecule has 1 aromatic heterocycles. The summed E-state index contributed by atoms with van der Waals surface area (Å²) in [7, 11) is 0. The molecule has 3 rings (SSSR count). The fourth-order valence-corrected chi connectivity index (χ4v) is 3.41. The molecule has 0 aliphatic carbocycles. The normalized spacial score (nSPS) is 10.9. The minimum atomic E-state index is -0.901. The van der Waals surface area contributed by atoms with E-state index in [9.17, 15) is 13.6 Å². The zero-order valence-electron chi connectivity index (χ0n) is 13.9. The molecule has 2 aromatic carbocycles. The molecular weight excluding hydrogens is 358 g/mol. The van der Waals surface area contributed by atoms with Crippen LogP contribution in [0.4, 0.5) is 8.78 Å². The van der Waals surface area contributed by atoms with E-state index >= 15 is 0 Å². The maximum Gasteiger partial charge on any atom is 0.237 e. The van der Waals surface area contributed by atoms with Crippen molar-refractivity contribution in [1.29, 1.82) is 0 Å². The molecule has 5 nitrogen and oxygen atoms in total. The number of primary amides is 1. The van der Waals surface area contributed by atoms with E-state index in [4.69, 9.17) is 5.73 Å². The van der Waals surface area contributed by atoms with E-state index in [1.54, 1.807) is 4.57 Å². The van der Waals surface area contributed by atoms with Gasteiger partial charge in [0.1, 0.15) is 6.54 Å². The summed E-state index contributed by atoms with van der Waals surface area (Å²) in [5, 5.41) is 8.65. The first-order valence-corrected chi connectivity index (χ1v) is 8.78. The number of carbonyl (C=O) groups is 1. The Balaban J connectivity index is 1.92. The zero-order valence-corrected chi connectivity index (χ0v) is 14.8. The molecule has 8 heteroatoms. The van der Waals surface area contributed by atoms with Crippen LogP contribution in [0, 0.1) is 18.6 Å². The number of aromatic nitrogens is 3. The van der Waals surface area contributed by atoms with E-state index < -0.39 is 17.5 Å². The van der Waals surface area contributed by atoms with Gasteiger partial charge in [0, 0.05) is 16.9 Å². The van der Waals surface area contributed by atoms with Gasteiger partial charge in [-0.2, -0.15) is 0 Å². The largest absolute Gasteiger partial charge is 0.368 e. The van der Waals surface area contributed by atoms with Crippen LogP contribution < -0.4 is 5.73 Å². The van der Waals surface area contributed by atoms with Crippen LogP contribution >= 0.6 is 11.8 Å². The Morgan fingerprint density at radius 2 is 1.96 bits per heavy atom. The van der Waals surface area contributed by atoms with Crippen molar-refractivity contribution in [2.45, 2.75) is 24.4 Å². The SMILES string of the molecule is Cc1cccc(-c2nnc(SCc3cccc(F)c3F)n2CC(N)=O)c1. The van der Waals surface area contributed by atoms with Crippen molar-refractivity contribution in [3.8, 4) is 11.4 Å². The van der Waals surface area contributed by atoms with Gasteiger partial charge in [0.15, 0.2) is 22.6 Å². The standard InChI is InChI=1S/C18H16F2N4OS/c1-11-4-2-5-12(8-11)17-22-23-18(24(17)9-15(21)25)26-10-13-6-3-7-14(19)16(13)20/h2-8H,9-10H2,1H3,(H2,21,25). The van der Waals surface area contributed by atoms with E-state index in [1.807, 2.05) is 31.2 Å². The Kier molecular flexibility index (Phi) is 5.32. The van der Waals surface area contributed by atoms with Crippen molar-refractivity contribution in [1.82, 2.24) is 14.8 Å². The van der Waals surface area contributed by atoms with Gasteiger partial charge in [0.25, 0.3) is 0 Å². The molecule has 0 unspecified atom stereocenters. The highest BCUT2D eigenvalue weighted by atomic mass is 32.2. The minimum absolute atomic E-state index is 0.107. The van der Waals surface area contributed by atoms with E-state index in [2.05, 4.69) is 10.2 Å². The minimum Gasteiger partial charge on any atom is -0.368 e. The summed E-state index contributed by atoms with van der Waals surface area (Å²) in [5.74, 6) is -1.69. The van der Waals surface area contributed by atoms with Gasteiger partial charge >= 0.3 is 0 Å². The van der Waals surface area contributed by atoms with Gasteiger partial charge in [-0.05, 0) is 19.1 Å². The molecule has 0 aliphatic rings. The summed E-state index contributed by atoms with van der Waals surface area (Å²) in [6, 6.07) is 11.6. The maximum atomic E-state index is 13.8. The predicted octanol–water partition coefficient (Wildman–Crippen LogP) is 3.31. The highest BCUT2D eigenvalue weighted by Gasteiger charge is 2.17. The molecule has 0 fully saturated rings. The number of hydrogen-bond donors (Lipinski definition) is 1. The second kappa shape index (κ2) is 7.65. The van der Waals surface area contributed by atoms with Crippen LogP contribution in [0.3, 0.4) is 0 Å². The lowest BCUT2D eigenvalue weighted by Gasteiger charge is -2.09. The summed E-state index contributed by atoms with van der Waals surface area (Å²) < 4.78 is 28.7. The highest BCUT2D eigenvalue weighted by Crippen LogP contribution is 2.28. The van der Waals surface area contributed by atoms with Crippen molar-refractivity contribution >= 4 is 17.7 Å². The fraction of sp³-hybridized carbons (Fsp3) is 0.167. The predicted molar refractivity (Wildman–Crippen MR) is 95.3 cm³/mol. The van der Waals surface area contributed by atoms with Gasteiger partial charge in [0.2, 0.25) is 5.91 Å². The number of rotatable bonds is 6. The molecule has 134 valence electrons. The first-order chi connectivity index (χ1) is 12.5. The molecule has 0 aliphatic heterocycles. The summed E-state index contributed by atoms with van der Waals surface area (Å²) in [6.07, 6.45) is 0. The number of halogens is 2. The van der Waals surface area contributed by atoms with Crippen LogP contribution in [-0.4, -0.2) is 20.7 Å². The van der Waals surface area contributed by atoms with E-state index in [0.717, 1.165) is 29.0 Å². The van der Waals surface area contributed by atoms with Gasteiger partial charge in [-0.25, -0.2) is 8.78 Å². The monoisotopic (exact) mass is 374 g/mol. The molecule has 2 N–H and O–H groups in total. The number of nitrogens with two attached hydrogens (primary N) is 1. The number of hydrogen-bond acceptors (Lipinski definition) is 4. The number of nitrogens with zero attached hydrogens (tertiary/aromatic N) is 3. The van der Waals surface area contributed by atoms with Crippen molar-refractivity contribution in [3.63, 3.8) is 0 Å². The Hall–Kier alpha value is -2.74. The zero-order chi connectivity index (χ0) is 18.7. The van der Waals surface area contributed by atoms with Crippen molar-refractivity contribution in [2.24, 2.45) is 5.73 Å². The second-order valence-corrected chi connectivity index (χ2v) is 6.67. The molecule has 26 heavy (non-hydrogen) atoms. The third-order valence-electron chi connectivity index (χ3n) is 3.70. The number of amides is 1. The van der Waals surface area contributed by atoms with E-state index in [-0.39, 0.29) is 17.9 Å². The summed E-state index contributed by atoms with van der Waals surface area (Å²) >= 11 is 1.16. The maximum absolute atomic E-state index is 13.8. The summed E-state index contributed by atoms with van der Waals surface area (Å²) in [4.78, 5) is 11.5. The lowest BCUT2D eigenvalue weighted by molar-refractivity contribution is -0.118. The van der Waals surface area contributed by atoms with Gasteiger partial charge in [-0.1, -0.05) is 47.7 Å². The lowest BCUT2D eigenvalue weighted by Crippen LogP contribution is -2.20. The number of carbonyl (C=O) groups excluding carboxylic acids is 1. The summed E-state index contributed by atoms with van der Waals surface area (Å²) in [6.45, 7) is 1.84. The molecule has 0 radical (unpaired) electrons. The van der Waals surface area contributed by atoms with Gasteiger partial charge in [-0.15, -0.1) is 10.2 Å². The van der Waals surface area contributed by atoms with Crippen molar-refractivity contribution < 1.29 is 13.6 Å². The van der Waals surface area contributed by atoms with Crippen LogP contribution in [0.5, 0.6) is 0 Å². The van der Waals surface area contributed by atoms with Gasteiger partial charge in [0.05, 0.1) is 0 Å². The smallest absolute Gasteiger partial charge is 0.237 e. The van der Waals surface area contributed by atoms with Crippen LogP contribution in [-0.2, 0) is 17.1 Å². The average molecular weight is 374 g/mol. The molecule has 0 bridgehead atoms. The number of aryl methyl sites for hydroxylation is 1. The molecule has 1 amide bonds. The van der Waals surface area contributed by atoms with Gasteiger partial charge < -0.3 is 5.73 Å². The quantitative estimate of drug-likeness (QED) is 0.672.